The van der Waals surface area contributed by atoms with Crippen LogP contribution in [0.15, 0.2) is 36.4 Å². The molecule has 0 aliphatic heterocycles. The topological polar surface area (TPSA) is 29.1 Å². The van der Waals surface area contributed by atoms with Gasteiger partial charge in [0.15, 0.2) is 0 Å². The third-order valence-electron chi connectivity index (χ3n) is 2.99. The van der Waals surface area contributed by atoms with Crippen LogP contribution in [-0.2, 0) is 4.79 Å². The molecule has 2 nitrogen and oxygen atoms in total. The molecule has 0 fully saturated rings. The number of benzene rings is 1. The largest absolute Gasteiger partial charge is 0.350 e. The summed E-state index contributed by atoms with van der Waals surface area (Å²) in [6, 6.07) is 9.94. The van der Waals surface area contributed by atoms with E-state index in [1.165, 1.54) is 0 Å². The van der Waals surface area contributed by atoms with Gasteiger partial charge in [-0.1, -0.05) is 58.0 Å². The molecule has 0 spiro atoms. The summed E-state index contributed by atoms with van der Waals surface area (Å²) in [6.45, 7) is 12.8. The zero-order valence-corrected chi connectivity index (χ0v) is 13.7. The van der Waals surface area contributed by atoms with Crippen LogP contribution in [0.3, 0.4) is 0 Å². The molecule has 0 aliphatic rings. The molecule has 1 N–H and O–H groups in total. The molecule has 0 radical (unpaired) electrons. The Morgan fingerprint density at radius 2 is 1.45 bits per heavy atom. The number of amides is 1. The third-order valence-corrected chi connectivity index (χ3v) is 2.99. The Balaban J connectivity index is 0.000000511. The predicted octanol–water partition coefficient (Wildman–Crippen LogP) is 4.52. The van der Waals surface area contributed by atoms with Crippen LogP contribution in [0.4, 0.5) is 0 Å². The maximum absolute atomic E-state index is 11.2. The minimum absolute atomic E-state index is 0.0520. The van der Waals surface area contributed by atoms with Gasteiger partial charge in [-0.2, -0.15) is 0 Å². The lowest BCUT2D eigenvalue weighted by Crippen LogP contribution is -2.28. The highest BCUT2D eigenvalue weighted by molar-refractivity contribution is 5.91. The lowest BCUT2D eigenvalue weighted by atomic mass is 10.0. The molecule has 1 rings (SSSR count). The molecular formula is C18H29NO. The van der Waals surface area contributed by atoms with Gasteiger partial charge < -0.3 is 5.32 Å². The molecule has 0 unspecified atom stereocenters. The second-order valence-electron chi connectivity index (χ2n) is 5.90. The first kappa shape index (κ1) is 18.4. The zero-order chi connectivity index (χ0) is 15.5. The van der Waals surface area contributed by atoms with E-state index < -0.39 is 0 Å². The van der Waals surface area contributed by atoms with E-state index in [9.17, 15) is 4.79 Å². The van der Waals surface area contributed by atoms with Gasteiger partial charge in [-0.3, -0.25) is 4.79 Å². The standard InChI is InChI=1S/C12H15NO.C6H14/c1-10(2)13-12(14)9-8-11-6-4-3-5-7-11;1-5(2)6(3)4/h3-10H,1-2H3,(H,13,14);5-6H,1-4H3. The fourth-order valence-electron chi connectivity index (χ4n) is 1.07. The van der Waals surface area contributed by atoms with Crippen LogP contribution in [0.1, 0.15) is 47.1 Å². The average Bonchev–Trinajstić information content (AvgIpc) is 2.37. The summed E-state index contributed by atoms with van der Waals surface area (Å²) < 4.78 is 0. The number of carbonyl (C=O) groups is 1. The fraction of sp³-hybridized carbons (Fsp3) is 0.500. The van der Waals surface area contributed by atoms with Gasteiger partial charge in [0.25, 0.3) is 0 Å². The molecule has 0 aliphatic carbocycles. The summed E-state index contributed by atoms with van der Waals surface area (Å²) in [4.78, 5) is 11.2. The summed E-state index contributed by atoms with van der Waals surface area (Å²) in [6.07, 6.45) is 3.35. The second kappa shape index (κ2) is 10.2. The van der Waals surface area contributed by atoms with Crippen molar-refractivity contribution in [3.05, 3.63) is 42.0 Å². The molecule has 2 heteroatoms. The van der Waals surface area contributed by atoms with Crippen molar-refractivity contribution in [3.63, 3.8) is 0 Å². The molecule has 1 aromatic carbocycles. The predicted molar refractivity (Wildman–Crippen MR) is 88.4 cm³/mol. The van der Waals surface area contributed by atoms with Gasteiger partial charge in [-0.05, 0) is 37.3 Å². The fourth-order valence-corrected chi connectivity index (χ4v) is 1.07. The van der Waals surface area contributed by atoms with Crippen molar-refractivity contribution in [2.24, 2.45) is 11.8 Å². The van der Waals surface area contributed by atoms with Crippen molar-refractivity contribution < 1.29 is 4.79 Å². The van der Waals surface area contributed by atoms with Crippen LogP contribution in [0.5, 0.6) is 0 Å². The SMILES string of the molecule is CC(C)C(C)C.CC(C)NC(=O)C=Cc1ccccc1. The Bertz CT molecular complexity index is 385. The summed E-state index contributed by atoms with van der Waals surface area (Å²) in [7, 11) is 0. The van der Waals surface area contributed by atoms with E-state index in [4.69, 9.17) is 0 Å². The minimum Gasteiger partial charge on any atom is -0.350 e. The number of nitrogens with one attached hydrogen (secondary N) is 1. The Labute approximate surface area is 124 Å². The minimum atomic E-state index is -0.0520. The van der Waals surface area contributed by atoms with Crippen LogP contribution in [0.25, 0.3) is 6.08 Å². The summed E-state index contributed by atoms with van der Waals surface area (Å²) >= 11 is 0. The van der Waals surface area contributed by atoms with Crippen molar-refractivity contribution in [2.75, 3.05) is 0 Å². The van der Waals surface area contributed by atoms with Crippen molar-refractivity contribution in [3.8, 4) is 0 Å². The van der Waals surface area contributed by atoms with Gasteiger partial charge in [0.05, 0.1) is 0 Å². The first-order valence-electron chi connectivity index (χ1n) is 7.36. The summed E-state index contributed by atoms with van der Waals surface area (Å²) in [5.41, 5.74) is 1.03. The average molecular weight is 275 g/mol. The van der Waals surface area contributed by atoms with Crippen LogP contribution in [0.2, 0.25) is 0 Å². The lowest BCUT2D eigenvalue weighted by molar-refractivity contribution is -0.116. The van der Waals surface area contributed by atoms with Crippen LogP contribution >= 0.6 is 0 Å². The van der Waals surface area contributed by atoms with Crippen molar-refractivity contribution >= 4 is 12.0 Å². The molecule has 0 bridgehead atoms. The monoisotopic (exact) mass is 275 g/mol. The van der Waals surface area contributed by atoms with E-state index in [1.807, 2.05) is 44.2 Å². The Morgan fingerprint density at radius 3 is 1.85 bits per heavy atom. The van der Waals surface area contributed by atoms with Crippen molar-refractivity contribution in [1.82, 2.24) is 5.32 Å². The molecule has 1 amide bonds. The van der Waals surface area contributed by atoms with Crippen LogP contribution < -0.4 is 5.32 Å². The molecule has 0 saturated heterocycles. The molecule has 0 atom stereocenters. The second-order valence-corrected chi connectivity index (χ2v) is 5.90. The van der Waals surface area contributed by atoms with Gasteiger partial charge in [0.2, 0.25) is 5.91 Å². The summed E-state index contributed by atoms with van der Waals surface area (Å²) in [5, 5.41) is 2.79. The van der Waals surface area contributed by atoms with E-state index in [1.54, 1.807) is 12.2 Å². The maximum Gasteiger partial charge on any atom is 0.244 e. The molecule has 1 aromatic rings. The molecule has 0 heterocycles. The molecule has 20 heavy (non-hydrogen) atoms. The maximum atomic E-state index is 11.2. The molecule has 0 saturated carbocycles. The van der Waals surface area contributed by atoms with E-state index in [2.05, 4.69) is 33.0 Å². The van der Waals surface area contributed by atoms with Gasteiger partial charge in [-0.15, -0.1) is 0 Å². The smallest absolute Gasteiger partial charge is 0.244 e. The van der Waals surface area contributed by atoms with Gasteiger partial charge in [0, 0.05) is 12.1 Å². The van der Waals surface area contributed by atoms with Gasteiger partial charge in [-0.25, -0.2) is 0 Å². The van der Waals surface area contributed by atoms with Crippen molar-refractivity contribution in [1.29, 1.82) is 0 Å². The molecule has 0 aromatic heterocycles. The van der Waals surface area contributed by atoms with Gasteiger partial charge in [0.1, 0.15) is 0 Å². The van der Waals surface area contributed by atoms with Crippen molar-refractivity contribution in [2.45, 2.75) is 47.6 Å². The Kier molecular flexibility index (Phi) is 9.44. The van der Waals surface area contributed by atoms with E-state index in [0.717, 1.165) is 17.4 Å². The van der Waals surface area contributed by atoms with Crippen LogP contribution in [0, 0.1) is 11.8 Å². The van der Waals surface area contributed by atoms with E-state index in [-0.39, 0.29) is 11.9 Å². The lowest BCUT2D eigenvalue weighted by Gasteiger charge is -2.05. The number of rotatable bonds is 4. The summed E-state index contributed by atoms with van der Waals surface area (Å²) in [5.74, 6) is 1.65. The number of carbonyl (C=O) groups excluding carboxylic acids is 1. The quantitative estimate of drug-likeness (QED) is 0.804. The Hall–Kier alpha value is -1.57. The first-order chi connectivity index (χ1) is 9.32. The van der Waals surface area contributed by atoms with Gasteiger partial charge >= 0.3 is 0 Å². The normalized spacial score (nSPS) is 10.8. The number of hydrogen-bond donors (Lipinski definition) is 1. The number of hydrogen-bond acceptors (Lipinski definition) is 1. The molecular weight excluding hydrogens is 246 g/mol. The highest BCUT2D eigenvalue weighted by Crippen LogP contribution is 2.05. The highest BCUT2D eigenvalue weighted by Gasteiger charge is 1.96. The molecule has 112 valence electrons. The zero-order valence-electron chi connectivity index (χ0n) is 13.7. The highest BCUT2D eigenvalue weighted by atomic mass is 16.1. The third kappa shape index (κ3) is 10.4. The first-order valence-corrected chi connectivity index (χ1v) is 7.36. The Morgan fingerprint density at radius 1 is 0.950 bits per heavy atom. The van der Waals surface area contributed by atoms with Crippen LogP contribution in [-0.4, -0.2) is 11.9 Å². The van der Waals surface area contributed by atoms with E-state index >= 15 is 0 Å². The van der Waals surface area contributed by atoms with E-state index in [0.29, 0.717) is 0 Å².